The van der Waals surface area contributed by atoms with E-state index in [0.717, 1.165) is 22.4 Å². The first-order valence-electron chi connectivity index (χ1n) is 6.09. The summed E-state index contributed by atoms with van der Waals surface area (Å²) in [5.74, 6) is 0.793. The molecule has 0 unspecified atom stereocenters. The van der Waals surface area contributed by atoms with Crippen LogP contribution in [0.2, 0.25) is 0 Å². The quantitative estimate of drug-likeness (QED) is 0.733. The van der Waals surface area contributed by atoms with E-state index in [9.17, 15) is 0 Å². The summed E-state index contributed by atoms with van der Waals surface area (Å²) >= 11 is 0. The summed E-state index contributed by atoms with van der Waals surface area (Å²) in [4.78, 5) is 0. The van der Waals surface area contributed by atoms with Crippen molar-refractivity contribution in [3.05, 3.63) is 42.0 Å². The van der Waals surface area contributed by atoms with Crippen molar-refractivity contribution >= 4 is 11.4 Å². The fourth-order valence-corrected chi connectivity index (χ4v) is 2.02. The molecule has 2 aromatic carbocycles. The third kappa shape index (κ3) is 2.80. The van der Waals surface area contributed by atoms with E-state index in [0.29, 0.717) is 17.8 Å². The molecule has 0 aromatic heterocycles. The summed E-state index contributed by atoms with van der Waals surface area (Å²) in [7, 11) is 1.63. The molecule has 19 heavy (non-hydrogen) atoms. The maximum absolute atomic E-state index is 9.02. The minimum absolute atomic E-state index is 0.0887. The highest BCUT2D eigenvalue weighted by atomic mass is 16.5. The fraction of sp³-hybridized carbons (Fsp3) is 0.200. The van der Waals surface area contributed by atoms with Gasteiger partial charge in [0, 0.05) is 12.2 Å². The van der Waals surface area contributed by atoms with Gasteiger partial charge >= 0.3 is 0 Å². The summed E-state index contributed by atoms with van der Waals surface area (Å²) in [5, 5.41) is 9.02. The van der Waals surface area contributed by atoms with Gasteiger partial charge in [0.2, 0.25) is 0 Å². The fourth-order valence-electron chi connectivity index (χ4n) is 2.02. The zero-order valence-corrected chi connectivity index (χ0v) is 10.9. The lowest BCUT2D eigenvalue weighted by atomic mass is 9.98. The molecule has 5 N–H and O–H groups in total. The third-order valence-corrected chi connectivity index (χ3v) is 3.07. The molecule has 0 radical (unpaired) electrons. The zero-order chi connectivity index (χ0) is 13.8. The van der Waals surface area contributed by atoms with Crippen LogP contribution in [0.25, 0.3) is 11.1 Å². The number of aliphatic hydroxyl groups excluding tert-OH is 1. The minimum atomic E-state index is 0.0887. The predicted molar refractivity (Wildman–Crippen MR) is 78.0 cm³/mol. The van der Waals surface area contributed by atoms with Gasteiger partial charge in [0.25, 0.3) is 0 Å². The van der Waals surface area contributed by atoms with Gasteiger partial charge in [-0.2, -0.15) is 0 Å². The molecule has 0 bridgehead atoms. The van der Waals surface area contributed by atoms with Crippen LogP contribution in [0.15, 0.2) is 36.4 Å². The Morgan fingerprint density at radius 2 is 1.79 bits per heavy atom. The Labute approximate surface area is 112 Å². The van der Waals surface area contributed by atoms with E-state index in [1.807, 2.05) is 30.3 Å². The molecule has 4 heteroatoms. The molecule has 0 heterocycles. The number of ether oxygens (including phenoxy) is 1. The van der Waals surface area contributed by atoms with Gasteiger partial charge in [-0.15, -0.1) is 0 Å². The highest BCUT2D eigenvalue weighted by molar-refractivity contribution is 5.85. The van der Waals surface area contributed by atoms with Crippen molar-refractivity contribution in [3.8, 4) is 16.9 Å². The summed E-state index contributed by atoms with van der Waals surface area (Å²) < 4.78 is 5.13. The average molecular weight is 258 g/mol. The van der Waals surface area contributed by atoms with Gasteiger partial charge in [0.15, 0.2) is 0 Å². The molecule has 2 rings (SSSR count). The second-order valence-electron chi connectivity index (χ2n) is 4.35. The highest BCUT2D eigenvalue weighted by Crippen LogP contribution is 2.32. The van der Waals surface area contributed by atoms with E-state index >= 15 is 0 Å². The van der Waals surface area contributed by atoms with Gasteiger partial charge < -0.3 is 21.3 Å². The number of hydrogen-bond acceptors (Lipinski definition) is 4. The van der Waals surface area contributed by atoms with Crippen LogP contribution in [0.4, 0.5) is 11.4 Å². The Balaban J connectivity index is 2.47. The van der Waals surface area contributed by atoms with Crippen molar-refractivity contribution in [2.24, 2.45) is 0 Å². The summed E-state index contributed by atoms with van der Waals surface area (Å²) in [5.41, 5.74) is 15.9. The molecule has 0 spiro atoms. The van der Waals surface area contributed by atoms with E-state index in [-0.39, 0.29) is 6.61 Å². The molecular weight excluding hydrogens is 240 g/mol. The number of hydrogen-bond donors (Lipinski definition) is 3. The van der Waals surface area contributed by atoms with Crippen LogP contribution in [0.1, 0.15) is 5.56 Å². The van der Waals surface area contributed by atoms with E-state index in [1.54, 1.807) is 13.2 Å². The lowest BCUT2D eigenvalue weighted by Gasteiger charge is -2.12. The van der Waals surface area contributed by atoms with Crippen molar-refractivity contribution in [3.63, 3.8) is 0 Å². The van der Waals surface area contributed by atoms with Crippen LogP contribution in [0, 0.1) is 0 Å². The second kappa shape index (κ2) is 5.63. The van der Waals surface area contributed by atoms with Crippen LogP contribution in [0.5, 0.6) is 5.75 Å². The summed E-state index contributed by atoms with van der Waals surface area (Å²) in [6, 6.07) is 11.4. The second-order valence-corrected chi connectivity index (χ2v) is 4.35. The van der Waals surface area contributed by atoms with Crippen LogP contribution >= 0.6 is 0 Å². The van der Waals surface area contributed by atoms with Gasteiger partial charge in [-0.3, -0.25) is 0 Å². The first-order valence-corrected chi connectivity index (χ1v) is 6.09. The minimum Gasteiger partial charge on any atom is -0.497 e. The zero-order valence-electron chi connectivity index (χ0n) is 10.9. The molecule has 0 aliphatic heterocycles. The van der Waals surface area contributed by atoms with Gasteiger partial charge in [-0.25, -0.2) is 0 Å². The topological polar surface area (TPSA) is 81.5 Å². The Kier molecular flexibility index (Phi) is 3.92. The number of nitrogen functional groups attached to an aromatic ring is 2. The van der Waals surface area contributed by atoms with Crippen LogP contribution < -0.4 is 16.2 Å². The highest BCUT2D eigenvalue weighted by Gasteiger charge is 2.08. The smallest absolute Gasteiger partial charge is 0.118 e. The maximum atomic E-state index is 9.02. The number of benzene rings is 2. The average Bonchev–Trinajstić information content (AvgIpc) is 2.43. The Morgan fingerprint density at radius 1 is 1.11 bits per heavy atom. The predicted octanol–water partition coefficient (Wildman–Crippen LogP) is 2.06. The first kappa shape index (κ1) is 13.2. The number of methoxy groups -OCH3 is 1. The molecule has 2 aromatic rings. The van der Waals surface area contributed by atoms with E-state index in [4.69, 9.17) is 21.3 Å². The molecule has 0 saturated heterocycles. The van der Waals surface area contributed by atoms with Crippen molar-refractivity contribution in [1.29, 1.82) is 0 Å². The Morgan fingerprint density at radius 3 is 2.37 bits per heavy atom. The normalized spacial score (nSPS) is 10.4. The molecule has 0 atom stereocenters. The first-order chi connectivity index (χ1) is 9.15. The molecular formula is C15H18N2O2. The van der Waals surface area contributed by atoms with Gasteiger partial charge in [-0.05, 0) is 41.8 Å². The molecule has 0 amide bonds. The van der Waals surface area contributed by atoms with Crippen LogP contribution in [-0.2, 0) is 6.42 Å². The SMILES string of the molecule is COc1ccc(-c2cc(CCO)cc(N)c2N)cc1. The molecule has 0 fully saturated rings. The van der Waals surface area contributed by atoms with E-state index < -0.39 is 0 Å². The lowest BCUT2D eigenvalue weighted by Crippen LogP contribution is -2.01. The van der Waals surface area contributed by atoms with Crippen molar-refractivity contribution in [2.75, 3.05) is 25.2 Å². The van der Waals surface area contributed by atoms with Crippen molar-refractivity contribution in [1.82, 2.24) is 0 Å². The summed E-state index contributed by atoms with van der Waals surface area (Å²) in [6.07, 6.45) is 0.563. The standard InChI is InChI=1S/C15H18N2O2/c1-19-12-4-2-11(3-5-12)13-8-10(6-7-18)9-14(16)15(13)17/h2-5,8-9,18H,6-7,16-17H2,1H3. The molecule has 0 saturated carbocycles. The van der Waals surface area contributed by atoms with Gasteiger partial charge in [0.1, 0.15) is 5.75 Å². The molecule has 0 aliphatic carbocycles. The van der Waals surface area contributed by atoms with E-state index in [1.165, 1.54) is 0 Å². The Hall–Kier alpha value is -2.20. The number of rotatable bonds is 4. The number of nitrogens with two attached hydrogens (primary N) is 2. The monoisotopic (exact) mass is 258 g/mol. The van der Waals surface area contributed by atoms with Crippen molar-refractivity contribution in [2.45, 2.75) is 6.42 Å². The third-order valence-electron chi connectivity index (χ3n) is 3.07. The van der Waals surface area contributed by atoms with Crippen molar-refractivity contribution < 1.29 is 9.84 Å². The molecule has 0 aliphatic rings. The summed E-state index contributed by atoms with van der Waals surface area (Å²) in [6.45, 7) is 0.0887. The largest absolute Gasteiger partial charge is 0.497 e. The van der Waals surface area contributed by atoms with Gasteiger partial charge in [-0.1, -0.05) is 12.1 Å². The Bertz CT molecular complexity index is 565. The number of aliphatic hydroxyl groups is 1. The molecule has 4 nitrogen and oxygen atoms in total. The van der Waals surface area contributed by atoms with Gasteiger partial charge in [0.05, 0.1) is 18.5 Å². The van der Waals surface area contributed by atoms with Crippen LogP contribution in [-0.4, -0.2) is 18.8 Å². The molecule has 100 valence electrons. The van der Waals surface area contributed by atoms with E-state index in [2.05, 4.69) is 0 Å². The maximum Gasteiger partial charge on any atom is 0.118 e. The lowest BCUT2D eigenvalue weighted by molar-refractivity contribution is 0.299. The van der Waals surface area contributed by atoms with Crippen LogP contribution in [0.3, 0.4) is 0 Å². The number of anilines is 2.